The number of pyridine rings is 1. The van der Waals surface area contributed by atoms with E-state index in [1.807, 2.05) is 19.2 Å². The Morgan fingerprint density at radius 3 is 2.95 bits per heavy atom. The molecule has 1 aliphatic heterocycles. The van der Waals surface area contributed by atoms with Gasteiger partial charge in [-0.1, -0.05) is 6.92 Å². The summed E-state index contributed by atoms with van der Waals surface area (Å²) in [6, 6.07) is 6.32. The molecule has 1 aromatic carbocycles. The Bertz CT molecular complexity index is 606. The van der Waals surface area contributed by atoms with Crippen LogP contribution in [0.15, 0.2) is 24.4 Å². The molecular weight excluding hydrogens is 234 g/mol. The van der Waals surface area contributed by atoms with Crippen LogP contribution in [-0.4, -0.2) is 18.1 Å². The zero-order valence-corrected chi connectivity index (χ0v) is 11.7. The first-order chi connectivity index (χ1) is 9.15. The Balaban J connectivity index is 2.12. The fourth-order valence-electron chi connectivity index (χ4n) is 3.03. The van der Waals surface area contributed by atoms with Crippen molar-refractivity contribution in [3.8, 4) is 0 Å². The number of aromatic nitrogens is 1. The van der Waals surface area contributed by atoms with Gasteiger partial charge in [0, 0.05) is 47.1 Å². The molecule has 2 aromatic rings. The lowest BCUT2D eigenvalue weighted by Crippen LogP contribution is -2.34. The fourth-order valence-corrected chi connectivity index (χ4v) is 3.03. The van der Waals surface area contributed by atoms with Gasteiger partial charge in [0.1, 0.15) is 0 Å². The number of fused-ring (bicyclic) bond motifs is 1. The molecule has 0 radical (unpaired) electrons. The van der Waals surface area contributed by atoms with Crippen LogP contribution in [-0.2, 0) is 0 Å². The van der Waals surface area contributed by atoms with E-state index < -0.39 is 0 Å². The predicted molar refractivity (Wildman–Crippen MR) is 81.5 cm³/mol. The van der Waals surface area contributed by atoms with Crippen LogP contribution in [0.4, 0.5) is 11.4 Å². The van der Waals surface area contributed by atoms with Crippen molar-refractivity contribution in [3.05, 3.63) is 30.1 Å². The first-order valence-electron chi connectivity index (χ1n) is 7.05. The minimum Gasteiger partial charge on any atom is -0.398 e. The molecular formula is C16H21N3. The van der Waals surface area contributed by atoms with E-state index in [2.05, 4.69) is 28.9 Å². The zero-order chi connectivity index (χ0) is 13.4. The van der Waals surface area contributed by atoms with Crippen LogP contribution in [0, 0.1) is 12.8 Å². The molecule has 2 N–H and O–H groups in total. The Morgan fingerprint density at radius 1 is 1.32 bits per heavy atom. The van der Waals surface area contributed by atoms with Gasteiger partial charge in [0.25, 0.3) is 0 Å². The Hall–Kier alpha value is -1.77. The third kappa shape index (κ3) is 2.25. The molecule has 1 saturated heterocycles. The van der Waals surface area contributed by atoms with Crippen molar-refractivity contribution in [1.82, 2.24) is 4.98 Å². The minimum atomic E-state index is 0.768. The summed E-state index contributed by atoms with van der Waals surface area (Å²) in [6.07, 6.45) is 4.51. The summed E-state index contributed by atoms with van der Waals surface area (Å²) in [6.45, 7) is 6.65. The van der Waals surface area contributed by atoms with Crippen LogP contribution >= 0.6 is 0 Å². The van der Waals surface area contributed by atoms with Crippen molar-refractivity contribution in [1.29, 1.82) is 0 Å². The number of nitrogens with zero attached hydrogens (tertiary/aromatic N) is 2. The van der Waals surface area contributed by atoms with Gasteiger partial charge in [-0.2, -0.15) is 0 Å². The highest BCUT2D eigenvalue weighted by molar-refractivity contribution is 6.01. The van der Waals surface area contributed by atoms with Gasteiger partial charge in [0.2, 0.25) is 0 Å². The van der Waals surface area contributed by atoms with Gasteiger partial charge in [-0.05, 0) is 43.9 Å². The van der Waals surface area contributed by atoms with E-state index in [1.165, 1.54) is 23.9 Å². The highest BCUT2D eigenvalue weighted by Gasteiger charge is 2.18. The number of hydrogen-bond donors (Lipinski definition) is 1. The molecule has 19 heavy (non-hydrogen) atoms. The lowest BCUT2D eigenvalue weighted by molar-refractivity contribution is 0.447. The highest BCUT2D eigenvalue weighted by atomic mass is 15.1. The van der Waals surface area contributed by atoms with Crippen LogP contribution in [0.5, 0.6) is 0 Å². The third-order valence-electron chi connectivity index (χ3n) is 4.05. The van der Waals surface area contributed by atoms with Gasteiger partial charge in [0.05, 0.1) is 0 Å². The standard InChI is InChI=1S/C16H21N3/c1-11-4-3-7-19(10-11)16-6-5-15(17)14-9-18-12(2)8-13(14)16/h5-6,8-9,11H,3-4,7,10,17H2,1-2H3. The first-order valence-corrected chi connectivity index (χ1v) is 7.05. The maximum absolute atomic E-state index is 6.07. The Morgan fingerprint density at radius 2 is 2.16 bits per heavy atom. The van der Waals surface area contributed by atoms with E-state index in [4.69, 9.17) is 5.73 Å². The second-order valence-electron chi connectivity index (χ2n) is 5.74. The summed E-state index contributed by atoms with van der Waals surface area (Å²) in [7, 11) is 0. The number of piperidine rings is 1. The summed E-state index contributed by atoms with van der Waals surface area (Å²) < 4.78 is 0. The van der Waals surface area contributed by atoms with Crippen LogP contribution in [0.25, 0.3) is 10.8 Å². The van der Waals surface area contributed by atoms with Gasteiger partial charge >= 0.3 is 0 Å². The normalized spacial score (nSPS) is 19.9. The van der Waals surface area contributed by atoms with Crippen molar-refractivity contribution in [2.75, 3.05) is 23.7 Å². The van der Waals surface area contributed by atoms with Crippen molar-refractivity contribution in [2.24, 2.45) is 5.92 Å². The molecule has 1 atom stereocenters. The molecule has 0 bridgehead atoms. The Labute approximate surface area is 114 Å². The molecule has 1 aromatic heterocycles. The lowest BCUT2D eigenvalue weighted by atomic mass is 9.98. The summed E-state index contributed by atoms with van der Waals surface area (Å²) in [5.74, 6) is 0.768. The molecule has 3 nitrogen and oxygen atoms in total. The average Bonchev–Trinajstić information content (AvgIpc) is 2.39. The molecule has 0 amide bonds. The van der Waals surface area contributed by atoms with E-state index in [-0.39, 0.29) is 0 Å². The molecule has 0 aliphatic carbocycles. The molecule has 3 heteroatoms. The molecule has 1 fully saturated rings. The average molecular weight is 255 g/mol. The maximum atomic E-state index is 6.07. The number of nitrogen functional groups attached to an aromatic ring is 1. The van der Waals surface area contributed by atoms with E-state index in [9.17, 15) is 0 Å². The number of anilines is 2. The van der Waals surface area contributed by atoms with Crippen LogP contribution in [0.1, 0.15) is 25.5 Å². The molecule has 2 heterocycles. The molecule has 0 saturated carbocycles. The summed E-state index contributed by atoms with van der Waals surface area (Å²) in [5.41, 5.74) is 9.24. The predicted octanol–water partition coefficient (Wildman–Crippen LogP) is 3.36. The number of benzene rings is 1. The van der Waals surface area contributed by atoms with E-state index in [0.717, 1.165) is 35.8 Å². The van der Waals surface area contributed by atoms with Gasteiger partial charge in [-0.15, -0.1) is 0 Å². The second-order valence-corrected chi connectivity index (χ2v) is 5.74. The van der Waals surface area contributed by atoms with Gasteiger partial charge in [-0.3, -0.25) is 4.98 Å². The van der Waals surface area contributed by atoms with Crippen molar-refractivity contribution < 1.29 is 0 Å². The number of rotatable bonds is 1. The van der Waals surface area contributed by atoms with Crippen LogP contribution < -0.4 is 10.6 Å². The van der Waals surface area contributed by atoms with Gasteiger partial charge < -0.3 is 10.6 Å². The van der Waals surface area contributed by atoms with Crippen LogP contribution in [0.2, 0.25) is 0 Å². The number of hydrogen-bond acceptors (Lipinski definition) is 3. The second kappa shape index (κ2) is 4.72. The summed E-state index contributed by atoms with van der Waals surface area (Å²) in [5, 5.41) is 2.31. The largest absolute Gasteiger partial charge is 0.398 e. The summed E-state index contributed by atoms with van der Waals surface area (Å²) in [4.78, 5) is 6.87. The Kier molecular flexibility index (Phi) is 3.05. The van der Waals surface area contributed by atoms with Crippen molar-refractivity contribution in [3.63, 3.8) is 0 Å². The van der Waals surface area contributed by atoms with Crippen LogP contribution in [0.3, 0.4) is 0 Å². The summed E-state index contributed by atoms with van der Waals surface area (Å²) >= 11 is 0. The molecule has 1 unspecified atom stereocenters. The van der Waals surface area contributed by atoms with Gasteiger partial charge in [0.15, 0.2) is 0 Å². The highest BCUT2D eigenvalue weighted by Crippen LogP contribution is 2.33. The maximum Gasteiger partial charge on any atom is 0.0448 e. The molecule has 3 rings (SSSR count). The number of nitrogens with two attached hydrogens (primary N) is 1. The first kappa shape index (κ1) is 12.3. The minimum absolute atomic E-state index is 0.768. The molecule has 0 spiro atoms. The fraction of sp³-hybridized carbons (Fsp3) is 0.438. The van der Waals surface area contributed by atoms with Crippen molar-refractivity contribution >= 4 is 22.1 Å². The van der Waals surface area contributed by atoms with E-state index in [1.54, 1.807) is 0 Å². The smallest absolute Gasteiger partial charge is 0.0448 e. The van der Waals surface area contributed by atoms with E-state index in [0.29, 0.717) is 0 Å². The van der Waals surface area contributed by atoms with E-state index >= 15 is 0 Å². The molecule has 100 valence electrons. The van der Waals surface area contributed by atoms with Crippen molar-refractivity contribution in [2.45, 2.75) is 26.7 Å². The molecule has 1 aliphatic rings. The number of aryl methyl sites for hydroxylation is 1. The quantitative estimate of drug-likeness (QED) is 0.794. The third-order valence-corrected chi connectivity index (χ3v) is 4.05. The zero-order valence-electron chi connectivity index (χ0n) is 11.7. The SMILES string of the molecule is Cc1cc2c(N3CCCC(C)C3)ccc(N)c2cn1. The van der Waals surface area contributed by atoms with Gasteiger partial charge in [-0.25, -0.2) is 0 Å². The topological polar surface area (TPSA) is 42.1 Å². The lowest BCUT2D eigenvalue weighted by Gasteiger charge is -2.33. The monoisotopic (exact) mass is 255 g/mol.